The number of halogens is 1. The second-order valence-corrected chi connectivity index (χ2v) is 5.28. The normalized spacial score (nSPS) is 11.5. The molecule has 1 aromatic rings. The molecule has 5 nitrogen and oxygen atoms in total. The first-order valence-electron chi connectivity index (χ1n) is 2.50. The average molecular weight is 214 g/mol. The number of rotatable bonds is 2. The average Bonchev–Trinajstić information content (AvgIpc) is 2.32. The van der Waals surface area contributed by atoms with Crippen LogP contribution in [-0.4, -0.2) is 25.7 Å². The first kappa shape index (κ1) is 8.69. The molecule has 8 heteroatoms. The van der Waals surface area contributed by atoms with Gasteiger partial charge in [0.25, 0.3) is 9.05 Å². The molecule has 1 aromatic heterocycles. The quantitative estimate of drug-likeness (QED) is 0.725. The monoisotopic (exact) mass is 213 g/mol. The lowest BCUT2D eigenvalue weighted by Crippen LogP contribution is -1.88. The van der Waals surface area contributed by atoms with E-state index in [0.717, 1.165) is 11.3 Å². The number of nitrogens with zero attached hydrogens (tertiary/aromatic N) is 2. The standard InChI is InChI=1S/C3H4ClN3O2S2/c1-5-2-6-7-3(10-2)11(4,8)9/h1H3,(H,5,6). The molecule has 0 aliphatic carbocycles. The Kier molecular flexibility index (Phi) is 2.31. The molecule has 0 atom stereocenters. The van der Waals surface area contributed by atoms with E-state index >= 15 is 0 Å². The Balaban J connectivity index is 3.09. The molecule has 1 N–H and O–H groups in total. The predicted molar refractivity (Wildman–Crippen MR) is 42.5 cm³/mol. The van der Waals surface area contributed by atoms with Gasteiger partial charge in [0.15, 0.2) is 0 Å². The fourth-order valence-corrected chi connectivity index (χ4v) is 1.99. The van der Waals surface area contributed by atoms with Crippen molar-refractivity contribution in [2.24, 2.45) is 0 Å². The number of nitrogens with one attached hydrogen (secondary N) is 1. The number of anilines is 1. The summed E-state index contributed by atoms with van der Waals surface area (Å²) < 4.78 is 21.0. The summed E-state index contributed by atoms with van der Waals surface area (Å²) in [5, 5.41) is 9.90. The van der Waals surface area contributed by atoms with Crippen LogP contribution < -0.4 is 5.32 Å². The first-order chi connectivity index (χ1) is 5.04. The molecule has 11 heavy (non-hydrogen) atoms. The van der Waals surface area contributed by atoms with Crippen LogP contribution in [0.5, 0.6) is 0 Å². The fourth-order valence-electron chi connectivity index (χ4n) is 0.409. The van der Waals surface area contributed by atoms with E-state index in [9.17, 15) is 8.42 Å². The van der Waals surface area contributed by atoms with E-state index in [0.29, 0.717) is 5.13 Å². The maximum Gasteiger partial charge on any atom is 0.290 e. The van der Waals surface area contributed by atoms with Gasteiger partial charge in [-0.15, -0.1) is 10.2 Å². The van der Waals surface area contributed by atoms with Gasteiger partial charge in [0.2, 0.25) is 9.47 Å². The molecular formula is C3H4ClN3O2S2. The number of aromatic nitrogens is 2. The summed E-state index contributed by atoms with van der Waals surface area (Å²) in [6, 6.07) is 0. The van der Waals surface area contributed by atoms with Crippen molar-refractivity contribution in [3.05, 3.63) is 0 Å². The van der Waals surface area contributed by atoms with Crippen molar-refractivity contribution in [2.75, 3.05) is 12.4 Å². The van der Waals surface area contributed by atoms with Gasteiger partial charge in [-0.1, -0.05) is 11.3 Å². The third kappa shape index (κ3) is 2.01. The van der Waals surface area contributed by atoms with Crippen LogP contribution in [0.2, 0.25) is 0 Å². The molecule has 0 bridgehead atoms. The Labute approximate surface area is 71.8 Å². The molecule has 1 rings (SSSR count). The van der Waals surface area contributed by atoms with Crippen LogP contribution >= 0.6 is 22.0 Å². The Bertz CT molecular complexity index is 345. The molecule has 0 aromatic carbocycles. The maximum absolute atomic E-state index is 10.6. The van der Waals surface area contributed by atoms with E-state index in [4.69, 9.17) is 10.7 Å². The van der Waals surface area contributed by atoms with E-state index < -0.39 is 9.05 Å². The zero-order valence-electron chi connectivity index (χ0n) is 5.41. The van der Waals surface area contributed by atoms with Crippen molar-refractivity contribution in [2.45, 2.75) is 4.34 Å². The van der Waals surface area contributed by atoms with E-state index in [1.165, 1.54) is 0 Å². The van der Waals surface area contributed by atoms with Gasteiger partial charge < -0.3 is 5.32 Å². The van der Waals surface area contributed by atoms with Gasteiger partial charge in [-0.3, -0.25) is 0 Å². The van der Waals surface area contributed by atoms with Crippen molar-refractivity contribution in [1.82, 2.24) is 10.2 Å². The molecule has 0 fully saturated rings. The summed E-state index contributed by atoms with van der Waals surface area (Å²) in [7, 11) is 2.88. The van der Waals surface area contributed by atoms with Gasteiger partial charge >= 0.3 is 0 Å². The molecule has 0 amide bonds. The Morgan fingerprint density at radius 1 is 1.55 bits per heavy atom. The molecule has 0 radical (unpaired) electrons. The largest absolute Gasteiger partial charge is 0.363 e. The highest BCUT2D eigenvalue weighted by atomic mass is 35.7. The van der Waals surface area contributed by atoms with Crippen LogP contribution in [0, 0.1) is 0 Å². The lowest BCUT2D eigenvalue weighted by Gasteiger charge is -1.84. The minimum absolute atomic E-state index is 0.191. The lowest BCUT2D eigenvalue weighted by molar-refractivity contribution is 0.607. The van der Waals surface area contributed by atoms with Crippen LogP contribution in [-0.2, 0) is 9.05 Å². The summed E-state index contributed by atoms with van der Waals surface area (Å²) in [6.07, 6.45) is 0. The van der Waals surface area contributed by atoms with Crippen LogP contribution in [0.15, 0.2) is 4.34 Å². The highest BCUT2D eigenvalue weighted by Crippen LogP contribution is 2.21. The molecule has 0 unspecified atom stereocenters. The molecule has 0 aliphatic rings. The van der Waals surface area contributed by atoms with Crippen molar-refractivity contribution < 1.29 is 8.42 Å². The van der Waals surface area contributed by atoms with E-state index in [1.807, 2.05) is 0 Å². The van der Waals surface area contributed by atoms with Gasteiger partial charge in [-0.05, 0) is 0 Å². The predicted octanol–water partition coefficient (Wildman–Crippen LogP) is 0.507. The summed E-state index contributed by atoms with van der Waals surface area (Å²) in [5.41, 5.74) is 0. The Morgan fingerprint density at radius 3 is 2.45 bits per heavy atom. The molecule has 62 valence electrons. The molecule has 1 heterocycles. The zero-order chi connectivity index (χ0) is 8.48. The van der Waals surface area contributed by atoms with Crippen molar-refractivity contribution in [3.8, 4) is 0 Å². The highest BCUT2D eigenvalue weighted by Gasteiger charge is 2.15. The van der Waals surface area contributed by atoms with Crippen LogP contribution in [0.4, 0.5) is 5.13 Å². The molecule has 0 spiro atoms. The molecular weight excluding hydrogens is 210 g/mol. The van der Waals surface area contributed by atoms with Gasteiger partial charge in [0, 0.05) is 17.7 Å². The van der Waals surface area contributed by atoms with Crippen molar-refractivity contribution in [3.63, 3.8) is 0 Å². The Hall–Kier alpha value is -0.400. The van der Waals surface area contributed by atoms with Crippen LogP contribution in [0.3, 0.4) is 0 Å². The summed E-state index contributed by atoms with van der Waals surface area (Å²) in [6.45, 7) is 0. The van der Waals surface area contributed by atoms with E-state index in [2.05, 4.69) is 15.5 Å². The van der Waals surface area contributed by atoms with E-state index in [-0.39, 0.29) is 4.34 Å². The molecule has 0 saturated heterocycles. The minimum atomic E-state index is -3.71. The van der Waals surface area contributed by atoms with Gasteiger partial charge in [0.05, 0.1) is 0 Å². The SMILES string of the molecule is CNc1nnc(S(=O)(=O)Cl)s1. The topological polar surface area (TPSA) is 72.0 Å². The molecule has 0 saturated carbocycles. The van der Waals surface area contributed by atoms with Crippen LogP contribution in [0.1, 0.15) is 0 Å². The smallest absolute Gasteiger partial charge is 0.290 e. The molecule has 0 aliphatic heterocycles. The van der Waals surface area contributed by atoms with Gasteiger partial charge in [-0.25, -0.2) is 8.42 Å². The first-order valence-corrected chi connectivity index (χ1v) is 5.62. The maximum atomic E-state index is 10.6. The number of hydrogen-bond acceptors (Lipinski definition) is 6. The minimum Gasteiger partial charge on any atom is -0.363 e. The zero-order valence-corrected chi connectivity index (χ0v) is 7.79. The Morgan fingerprint density at radius 2 is 2.18 bits per heavy atom. The lowest BCUT2D eigenvalue weighted by atomic mass is 11.1. The third-order valence-corrected chi connectivity index (χ3v) is 3.68. The fraction of sp³-hybridized carbons (Fsp3) is 0.333. The summed E-state index contributed by atoms with van der Waals surface area (Å²) in [4.78, 5) is 0. The second kappa shape index (κ2) is 2.92. The highest BCUT2D eigenvalue weighted by molar-refractivity contribution is 8.15. The van der Waals surface area contributed by atoms with Gasteiger partial charge in [-0.2, -0.15) is 0 Å². The van der Waals surface area contributed by atoms with E-state index in [1.54, 1.807) is 7.05 Å². The number of hydrogen-bond donors (Lipinski definition) is 1. The second-order valence-electron chi connectivity index (χ2n) is 1.56. The van der Waals surface area contributed by atoms with Crippen molar-refractivity contribution in [1.29, 1.82) is 0 Å². The van der Waals surface area contributed by atoms with Crippen LogP contribution in [0.25, 0.3) is 0 Å². The van der Waals surface area contributed by atoms with Gasteiger partial charge in [0.1, 0.15) is 0 Å². The van der Waals surface area contributed by atoms with Crippen molar-refractivity contribution >= 4 is 36.2 Å². The summed E-state index contributed by atoms with van der Waals surface area (Å²) >= 11 is 0.887. The third-order valence-electron chi connectivity index (χ3n) is 0.829. The summed E-state index contributed by atoms with van der Waals surface area (Å²) in [5.74, 6) is 0.